The SMILES string of the molecule is CC1OCCC1NS(=O)(=O)c1cnn(CCC(=O)O)c1. The van der Waals surface area contributed by atoms with Crippen molar-refractivity contribution in [3.05, 3.63) is 12.4 Å². The first-order valence-corrected chi connectivity index (χ1v) is 7.75. The minimum Gasteiger partial charge on any atom is -0.481 e. The van der Waals surface area contributed by atoms with Crippen LogP contribution in [-0.2, 0) is 26.1 Å². The molecule has 2 N–H and O–H groups in total. The van der Waals surface area contributed by atoms with Gasteiger partial charge < -0.3 is 9.84 Å². The Morgan fingerprint density at radius 2 is 2.40 bits per heavy atom. The van der Waals surface area contributed by atoms with Crippen molar-refractivity contribution in [3.63, 3.8) is 0 Å². The highest BCUT2D eigenvalue weighted by Gasteiger charge is 2.29. The van der Waals surface area contributed by atoms with Crippen LogP contribution in [0.1, 0.15) is 19.8 Å². The molecule has 1 aliphatic rings. The molecule has 0 bridgehead atoms. The zero-order chi connectivity index (χ0) is 14.8. The van der Waals surface area contributed by atoms with Crippen LogP contribution in [0.5, 0.6) is 0 Å². The second kappa shape index (κ2) is 5.90. The molecule has 2 rings (SSSR count). The molecule has 1 aromatic heterocycles. The molecule has 1 aliphatic heterocycles. The zero-order valence-electron chi connectivity index (χ0n) is 11.0. The lowest BCUT2D eigenvalue weighted by atomic mass is 10.2. The van der Waals surface area contributed by atoms with Crippen molar-refractivity contribution in [2.45, 2.75) is 43.4 Å². The van der Waals surface area contributed by atoms with Gasteiger partial charge in [0.25, 0.3) is 0 Å². The maximum absolute atomic E-state index is 12.1. The van der Waals surface area contributed by atoms with Gasteiger partial charge in [-0.1, -0.05) is 0 Å². The van der Waals surface area contributed by atoms with E-state index in [1.807, 2.05) is 6.92 Å². The number of carboxylic acids is 1. The van der Waals surface area contributed by atoms with Gasteiger partial charge in [0.2, 0.25) is 10.0 Å². The van der Waals surface area contributed by atoms with Gasteiger partial charge in [-0.2, -0.15) is 5.10 Å². The van der Waals surface area contributed by atoms with Crippen LogP contribution in [0.15, 0.2) is 17.3 Å². The van der Waals surface area contributed by atoms with Crippen molar-refractivity contribution in [2.24, 2.45) is 0 Å². The van der Waals surface area contributed by atoms with E-state index in [0.29, 0.717) is 13.0 Å². The third-order valence-electron chi connectivity index (χ3n) is 3.16. The quantitative estimate of drug-likeness (QED) is 0.754. The molecule has 1 fully saturated rings. The third kappa shape index (κ3) is 3.56. The molecule has 0 saturated carbocycles. The molecular weight excluding hydrogens is 286 g/mol. The van der Waals surface area contributed by atoms with Gasteiger partial charge >= 0.3 is 5.97 Å². The van der Waals surface area contributed by atoms with Gasteiger partial charge in [-0.05, 0) is 13.3 Å². The highest BCUT2D eigenvalue weighted by Crippen LogP contribution is 2.16. The van der Waals surface area contributed by atoms with Crippen LogP contribution >= 0.6 is 0 Å². The van der Waals surface area contributed by atoms with Crippen molar-refractivity contribution < 1.29 is 23.1 Å². The summed E-state index contributed by atoms with van der Waals surface area (Å²) in [5.41, 5.74) is 0. The van der Waals surface area contributed by atoms with Crippen molar-refractivity contribution >= 4 is 16.0 Å². The normalized spacial score (nSPS) is 23.1. The molecular formula is C11H17N3O5S. The van der Waals surface area contributed by atoms with Gasteiger partial charge in [0.05, 0.1) is 31.3 Å². The lowest BCUT2D eigenvalue weighted by Gasteiger charge is -2.15. The Kier molecular flexibility index (Phi) is 4.41. The Hall–Kier alpha value is -1.45. The fraction of sp³-hybridized carbons (Fsp3) is 0.636. The van der Waals surface area contributed by atoms with Crippen LogP contribution in [0.3, 0.4) is 0 Å². The number of rotatable bonds is 6. The second-order valence-corrected chi connectivity index (χ2v) is 6.39. The number of aryl methyl sites for hydroxylation is 1. The first-order valence-electron chi connectivity index (χ1n) is 6.26. The van der Waals surface area contributed by atoms with Crippen molar-refractivity contribution in [1.82, 2.24) is 14.5 Å². The molecule has 2 atom stereocenters. The Labute approximate surface area is 116 Å². The maximum Gasteiger partial charge on any atom is 0.305 e. The predicted molar refractivity (Wildman–Crippen MR) is 68.6 cm³/mol. The van der Waals surface area contributed by atoms with Crippen LogP contribution in [-0.4, -0.2) is 48.0 Å². The summed E-state index contributed by atoms with van der Waals surface area (Å²) < 4.78 is 33.5. The average molecular weight is 303 g/mol. The summed E-state index contributed by atoms with van der Waals surface area (Å²) >= 11 is 0. The summed E-state index contributed by atoms with van der Waals surface area (Å²) in [7, 11) is -3.66. The number of carbonyl (C=O) groups is 1. The number of ether oxygens (including phenoxy) is 1. The molecule has 9 heteroatoms. The molecule has 0 spiro atoms. The Morgan fingerprint density at radius 3 is 3.00 bits per heavy atom. The number of carboxylic acid groups (broad SMARTS) is 1. The lowest BCUT2D eigenvalue weighted by molar-refractivity contribution is -0.137. The highest BCUT2D eigenvalue weighted by molar-refractivity contribution is 7.89. The minimum absolute atomic E-state index is 0.0296. The van der Waals surface area contributed by atoms with Gasteiger partial charge in [-0.3, -0.25) is 9.48 Å². The molecule has 0 aliphatic carbocycles. The number of hydrogen-bond acceptors (Lipinski definition) is 5. The fourth-order valence-corrected chi connectivity index (χ4v) is 3.26. The highest BCUT2D eigenvalue weighted by atomic mass is 32.2. The van der Waals surface area contributed by atoms with Crippen molar-refractivity contribution in [1.29, 1.82) is 0 Å². The van der Waals surface area contributed by atoms with Gasteiger partial charge in [0, 0.05) is 12.8 Å². The Bertz CT molecular complexity index is 583. The largest absolute Gasteiger partial charge is 0.481 e. The average Bonchev–Trinajstić information content (AvgIpc) is 2.97. The monoisotopic (exact) mass is 303 g/mol. The van der Waals surface area contributed by atoms with E-state index >= 15 is 0 Å². The van der Waals surface area contributed by atoms with Gasteiger partial charge in [0.1, 0.15) is 4.90 Å². The number of aliphatic carboxylic acids is 1. The number of hydrogen-bond donors (Lipinski definition) is 2. The van der Waals surface area contributed by atoms with Gasteiger partial charge in [-0.25, -0.2) is 13.1 Å². The smallest absolute Gasteiger partial charge is 0.305 e. The van der Waals surface area contributed by atoms with Crippen molar-refractivity contribution in [2.75, 3.05) is 6.61 Å². The molecule has 112 valence electrons. The topological polar surface area (TPSA) is 111 Å². The molecule has 8 nitrogen and oxygen atoms in total. The van der Waals surface area contributed by atoms with Crippen LogP contribution in [0.4, 0.5) is 0 Å². The van der Waals surface area contributed by atoms with Crippen molar-refractivity contribution in [3.8, 4) is 0 Å². The molecule has 20 heavy (non-hydrogen) atoms. The fourth-order valence-electron chi connectivity index (χ4n) is 1.97. The molecule has 0 aromatic carbocycles. The van der Waals surface area contributed by atoms with E-state index < -0.39 is 16.0 Å². The summed E-state index contributed by atoms with van der Waals surface area (Å²) in [5.74, 6) is -0.958. The Balaban J connectivity index is 2.04. The summed E-state index contributed by atoms with van der Waals surface area (Å²) in [4.78, 5) is 10.5. The summed E-state index contributed by atoms with van der Waals surface area (Å²) in [6.45, 7) is 2.48. The van der Waals surface area contributed by atoms with E-state index in [2.05, 4.69) is 9.82 Å². The first-order chi connectivity index (χ1) is 9.38. The predicted octanol–water partition coefficient (Wildman–Crippen LogP) is -0.186. The van der Waals surface area contributed by atoms with Crippen LogP contribution in [0.2, 0.25) is 0 Å². The van der Waals surface area contributed by atoms with Gasteiger partial charge in [0.15, 0.2) is 0 Å². The molecule has 0 radical (unpaired) electrons. The molecule has 1 saturated heterocycles. The summed E-state index contributed by atoms with van der Waals surface area (Å²) in [6.07, 6.45) is 2.90. The zero-order valence-corrected chi connectivity index (χ0v) is 11.8. The van der Waals surface area contributed by atoms with Crippen LogP contribution < -0.4 is 4.72 Å². The molecule has 1 aromatic rings. The van der Waals surface area contributed by atoms with Crippen LogP contribution in [0, 0.1) is 0 Å². The van der Waals surface area contributed by atoms with E-state index in [0.717, 1.165) is 0 Å². The number of nitrogens with one attached hydrogen (secondary N) is 1. The number of sulfonamides is 1. The maximum atomic E-state index is 12.1. The van der Waals surface area contributed by atoms with Crippen LogP contribution in [0.25, 0.3) is 0 Å². The van der Waals surface area contributed by atoms with E-state index in [4.69, 9.17) is 9.84 Å². The molecule has 0 amide bonds. The van der Waals surface area contributed by atoms with Gasteiger partial charge in [-0.15, -0.1) is 0 Å². The van der Waals surface area contributed by atoms with E-state index in [9.17, 15) is 13.2 Å². The molecule has 2 unspecified atom stereocenters. The standard InChI is InChI=1S/C11H17N3O5S/c1-8-10(3-5-19-8)13-20(17,18)9-6-12-14(7-9)4-2-11(15)16/h6-8,10,13H,2-5H2,1H3,(H,15,16). The second-order valence-electron chi connectivity index (χ2n) is 4.68. The lowest BCUT2D eigenvalue weighted by Crippen LogP contribution is -2.38. The number of nitrogens with zero attached hydrogens (tertiary/aromatic N) is 2. The third-order valence-corrected chi connectivity index (χ3v) is 4.60. The summed E-state index contributed by atoms with van der Waals surface area (Å²) in [5, 5.41) is 12.4. The van der Waals surface area contributed by atoms with E-state index in [1.165, 1.54) is 17.1 Å². The molecule has 2 heterocycles. The summed E-state index contributed by atoms with van der Waals surface area (Å²) in [6, 6.07) is -0.248. The van der Waals surface area contributed by atoms with E-state index in [-0.39, 0.29) is 30.0 Å². The van der Waals surface area contributed by atoms with E-state index in [1.54, 1.807) is 0 Å². The number of aromatic nitrogens is 2. The first kappa shape index (κ1) is 14.9. The minimum atomic E-state index is -3.66. The Morgan fingerprint density at radius 1 is 1.65 bits per heavy atom.